The molecule has 2 aromatic heterocycles. The molecule has 4 rings (SSSR count). The molecule has 0 aliphatic heterocycles. The minimum absolute atomic E-state index is 0.257. The normalized spacial score (nSPS) is 12.2. The number of rotatable bonds is 9. The number of aryl methyl sites for hydroxylation is 2. The molecule has 0 fully saturated rings. The number of unbranched alkanes of at least 4 members (excludes halogenated alkanes) is 1. The molecule has 0 saturated carbocycles. The maximum atomic E-state index is 12.0. The van der Waals surface area contributed by atoms with Crippen molar-refractivity contribution in [3.63, 3.8) is 0 Å². The van der Waals surface area contributed by atoms with Crippen LogP contribution in [0.1, 0.15) is 65.7 Å². The monoisotopic (exact) mass is 442 g/mol. The van der Waals surface area contributed by atoms with Crippen molar-refractivity contribution >= 4 is 11.6 Å². The first kappa shape index (κ1) is 22.7. The van der Waals surface area contributed by atoms with E-state index in [1.807, 2.05) is 49.4 Å². The molecule has 4 aromatic rings. The Hall–Kier alpha value is -3.44. The van der Waals surface area contributed by atoms with Crippen LogP contribution in [0.3, 0.4) is 0 Å². The van der Waals surface area contributed by atoms with Crippen LogP contribution in [0.5, 0.6) is 0 Å². The molecular weight excluding hydrogens is 412 g/mol. The molecular formula is C28H30N2O3. The van der Waals surface area contributed by atoms with Crippen molar-refractivity contribution in [3.05, 3.63) is 94.9 Å². The Balaban J connectivity index is 1.55. The maximum absolute atomic E-state index is 12.0. The predicted molar refractivity (Wildman–Crippen MR) is 131 cm³/mol. The average Bonchev–Trinajstić information content (AvgIpc) is 3.27. The van der Waals surface area contributed by atoms with Gasteiger partial charge in [-0.1, -0.05) is 61.9 Å². The number of imidazole rings is 1. The summed E-state index contributed by atoms with van der Waals surface area (Å²) in [6, 6.07) is 19.3. The second kappa shape index (κ2) is 10.0. The Kier molecular flexibility index (Phi) is 6.90. The van der Waals surface area contributed by atoms with Crippen LogP contribution in [0, 0.1) is 6.92 Å². The van der Waals surface area contributed by atoms with E-state index in [2.05, 4.69) is 36.6 Å². The Bertz CT molecular complexity index is 1260. The van der Waals surface area contributed by atoms with E-state index in [-0.39, 0.29) is 11.7 Å². The molecule has 33 heavy (non-hydrogen) atoms. The summed E-state index contributed by atoms with van der Waals surface area (Å²) in [6.07, 6.45) is 5.09. The quantitative estimate of drug-likeness (QED) is 0.316. The van der Waals surface area contributed by atoms with Crippen molar-refractivity contribution in [3.8, 4) is 11.1 Å². The standard InChI is InChI=1S/C28H30N2O3/c1-4-5-11-23-17-30-24(14-12-19(2)27(30)29-23)18-33-20(3)22-13-15-25(26(16-22)28(31)32)21-9-7-6-8-10-21/h6-10,12-17,20H,4-5,11,18H2,1-3H3,(H,31,32). The van der Waals surface area contributed by atoms with Crippen LogP contribution in [0.2, 0.25) is 0 Å². The second-order valence-electron chi connectivity index (χ2n) is 8.47. The fourth-order valence-electron chi connectivity index (χ4n) is 4.07. The Morgan fingerprint density at radius 2 is 1.91 bits per heavy atom. The third-order valence-electron chi connectivity index (χ3n) is 6.04. The van der Waals surface area contributed by atoms with E-state index < -0.39 is 5.97 Å². The van der Waals surface area contributed by atoms with Crippen molar-refractivity contribution in [2.24, 2.45) is 0 Å². The second-order valence-corrected chi connectivity index (χ2v) is 8.47. The average molecular weight is 443 g/mol. The van der Waals surface area contributed by atoms with Crippen LogP contribution in [-0.4, -0.2) is 20.5 Å². The third kappa shape index (κ3) is 4.99. The highest BCUT2D eigenvalue weighted by Crippen LogP contribution is 2.28. The summed E-state index contributed by atoms with van der Waals surface area (Å²) >= 11 is 0. The zero-order chi connectivity index (χ0) is 23.4. The highest BCUT2D eigenvalue weighted by atomic mass is 16.5. The lowest BCUT2D eigenvalue weighted by Crippen LogP contribution is -2.07. The van der Waals surface area contributed by atoms with Crippen molar-refractivity contribution in [2.45, 2.75) is 52.7 Å². The highest BCUT2D eigenvalue weighted by Gasteiger charge is 2.16. The lowest BCUT2D eigenvalue weighted by Gasteiger charge is -2.17. The number of aromatic nitrogens is 2. The molecule has 170 valence electrons. The van der Waals surface area contributed by atoms with Gasteiger partial charge in [-0.3, -0.25) is 0 Å². The molecule has 1 unspecified atom stereocenters. The SMILES string of the molecule is CCCCc1cn2c(COC(C)c3ccc(-c4ccccc4)c(C(=O)O)c3)ccc(C)c2n1. The number of aromatic carboxylic acids is 1. The number of carbonyl (C=O) groups is 1. The lowest BCUT2D eigenvalue weighted by atomic mass is 9.96. The summed E-state index contributed by atoms with van der Waals surface area (Å²) in [5.74, 6) is -0.943. The van der Waals surface area contributed by atoms with Gasteiger partial charge in [0.15, 0.2) is 0 Å². The van der Waals surface area contributed by atoms with Crippen LogP contribution < -0.4 is 0 Å². The first-order valence-electron chi connectivity index (χ1n) is 11.5. The van der Waals surface area contributed by atoms with Gasteiger partial charge in [0.2, 0.25) is 0 Å². The molecule has 1 atom stereocenters. The summed E-state index contributed by atoms with van der Waals surface area (Å²) in [6.45, 7) is 6.62. The minimum atomic E-state index is -0.943. The third-order valence-corrected chi connectivity index (χ3v) is 6.04. The van der Waals surface area contributed by atoms with Crippen LogP contribution in [0.4, 0.5) is 0 Å². The fraction of sp³-hybridized carbons (Fsp3) is 0.286. The van der Waals surface area contributed by atoms with Crippen molar-refractivity contribution < 1.29 is 14.6 Å². The van der Waals surface area contributed by atoms with Gasteiger partial charge in [0.25, 0.3) is 0 Å². The molecule has 0 aliphatic rings. The van der Waals surface area contributed by atoms with E-state index in [0.717, 1.165) is 53.0 Å². The van der Waals surface area contributed by atoms with E-state index >= 15 is 0 Å². The van der Waals surface area contributed by atoms with Gasteiger partial charge in [-0.05, 0) is 61.1 Å². The zero-order valence-corrected chi connectivity index (χ0v) is 19.4. The smallest absolute Gasteiger partial charge is 0.336 e. The molecule has 0 saturated heterocycles. The summed E-state index contributed by atoms with van der Waals surface area (Å²) in [4.78, 5) is 16.8. The Morgan fingerprint density at radius 1 is 1.12 bits per heavy atom. The number of hydrogen-bond donors (Lipinski definition) is 1. The molecule has 1 N–H and O–H groups in total. The largest absolute Gasteiger partial charge is 0.478 e. The maximum Gasteiger partial charge on any atom is 0.336 e. The Morgan fingerprint density at radius 3 is 2.64 bits per heavy atom. The van der Waals surface area contributed by atoms with E-state index in [1.165, 1.54) is 0 Å². The predicted octanol–water partition coefficient (Wildman–Crippen LogP) is 6.63. The van der Waals surface area contributed by atoms with Gasteiger partial charge in [0.05, 0.1) is 24.0 Å². The van der Waals surface area contributed by atoms with E-state index in [9.17, 15) is 9.90 Å². The number of carboxylic acids is 1. The fourth-order valence-corrected chi connectivity index (χ4v) is 4.07. The van der Waals surface area contributed by atoms with Gasteiger partial charge in [0, 0.05) is 11.9 Å². The number of nitrogens with zero attached hydrogens (tertiary/aromatic N) is 2. The summed E-state index contributed by atoms with van der Waals surface area (Å²) < 4.78 is 8.31. The molecule has 0 bridgehead atoms. The molecule has 2 heterocycles. The van der Waals surface area contributed by atoms with Crippen molar-refractivity contribution in [1.29, 1.82) is 0 Å². The minimum Gasteiger partial charge on any atom is -0.478 e. The highest BCUT2D eigenvalue weighted by molar-refractivity contribution is 5.96. The van der Waals surface area contributed by atoms with Gasteiger partial charge in [-0.2, -0.15) is 0 Å². The first-order valence-corrected chi connectivity index (χ1v) is 11.5. The summed E-state index contributed by atoms with van der Waals surface area (Å²) in [5, 5.41) is 9.80. The van der Waals surface area contributed by atoms with Crippen LogP contribution >= 0.6 is 0 Å². The molecule has 5 heteroatoms. The van der Waals surface area contributed by atoms with Gasteiger partial charge >= 0.3 is 5.97 Å². The van der Waals surface area contributed by atoms with E-state index in [0.29, 0.717) is 12.2 Å². The van der Waals surface area contributed by atoms with Crippen LogP contribution in [0.25, 0.3) is 16.8 Å². The number of fused-ring (bicyclic) bond motifs is 1. The summed E-state index contributed by atoms with van der Waals surface area (Å²) in [5.41, 5.74) is 6.94. The number of hydrogen-bond acceptors (Lipinski definition) is 3. The number of pyridine rings is 1. The molecule has 0 amide bonds. The lowest BCUT2D eigenvalue weighted by molar-refractivity contribution is 0.0498. The van der Waals surface area contributed by atoms with E-state index in [1.54, 1.807) is 6.07 Å². The van der Waals surface area contributed by atoms with Gasteiger partial charge in [-0.25, -0.2) is 9.78 Å². The van der Waals surface area contributed by atoms with Crippen molar-refractivity contribution in [1.82, 2.24) is 9.38 Å². The van der Waals surface area contributed by atoms with Crippen molar-refractivity contribution in [2.75, 3.05) is 0 Å². The number of carboxylic acid groups (broad SMARTS) is 1. The van der Waals surface area contributed by atoms with Gasteiger partial charge in [0.1, 0.15) is 5.65 Å². The molecule has 0 aliphatic carbocycles. The molecule has 5 nitrogen and oxygen atoms in total. The summed E-state index contributed by atoms with van der Waals surface area (Å²) in [7, 11) is 0. The van der Waals surface area contributed by atoms with E-state index in [4.69, 9.17) is 9.72 Å². The number of ether oxygens (including phenoxy) is 1. The molecule has 2 aromatic carbocycles. The van der Waals surface area contributed by atoms with Gasteiger partial charge < -0.3 is 14.2 Å². The zero-order valence-electron chi connectivity index (χ0n) is 19.4. The van der Waals surface area contributed by atoms with Gasteiger partial charge in [-0.15, -0.1) is 0 Å². The number of benzene rings is 2. The topological polar surface area (TPSA) is 63.8 Å². The van der Waals surface area contributed by atoms with Crippen LogP contribution in [-0.2, 0) is 17.8 Å². The Labute approximate surface area is 194 Å². The molecule has 0 radical (unpaired) electrons. The van der Waals surface area contributed by atoms with Crippen LogP contribution in [0.15, 0.2) is 66.9 Å². The first-order chi connectivity index (χ1) is 16.0. The molecule has 0 spiro atoms.